The lowest BCUT2D eigenvalue weighted by Crippen LogP contribution is -2.48. The van der Waals surface area contributed by atoms with E-state index in [1.165, 1.54) is 0 Å². The largest absolute Gasteiger partial charge is 0.493 e. The predicted molar refractivity (Wildman–Crippen MR) is 119 cm³/mol. The molecule has 0 unspecified atom stereocenters. The molecule has 0 fully saturated rings. The molecule has 0 radical (unpaired) electrons. The van der Waals surface area contributed by atoms with Gasteiger partial charge in [0.05, 0.1) is 14.2 Å². The summed E-state index contributed by atoms with van der Waals surface area (Å²) in [5, 5.41) is 2.82. The van der Waals surface area contributed by atoms with E-state index in [1.54, 1.807) is 19.1 Å². The van der Waals surface area contributed by atoms with Crippen molar-refractivity contribution in [3.63, 3.8) is 0 Å². The van der Waals surface area contributed by atoms with Gasteiger partial charge < -0.3 is 24.6 Å². The van der Waals surface area contributed by atoms with E-state index in [0.29, 0.717) is 44.1 Å². The maximum absolute atomic E-state index is 13.1. The van der Waals surface area contributed by atoms with Crippen LogP contribution in [0.2, 0.25) is 0 Å². The van der Waals surface area contributed by atoms with E-state index in [0.717, 1.165) is 23.1 Å². The van der Waals surface area contributed by atoms with Gasteiger partial charge in [0.1, 0.15) is 6.54 Å². The smallest absolute Gasteiger partial charge is 0.317 e. The lowest BCUT2D eigenvalue weighted by atomic mass is 9.98. The average Bonchev–Trinajstić information content (AvgIpc) is 2.80. The van der Waals surface area contributed by atoms with Gasteiger partial charge in [-0.15, -0.1) is 0 Å². The highest BCUT2D eigenvalue weighted by Gasteiger charge is 2.25. The van der Waals surface area contributed by atoms with Crippen LogP contribution in [0.4, 0.5) is 4.79 Å². The van der Waals surface area contributed by atoms with Crippen LogP contribution in [0, 0.1) is 0 Å². The Labute approximate surface area is 183 Å². The van der Waals surface area contributed by atoms with Crippen LogP contribution in [-0.4, -0.2) is 62.1 Å². The summed E-state index contributed by atoms with van der Waals surface area (Å²) in [5.74, 6) is 1.30. The molecule has 166 valence electrons. The Morgan fingerprint density at radius 1 is 1.06 bits per heavy atom. The number of methoxy groups -OCH3 is 2. The van der Waals surface area contributed by atoms with Gasteiger partial charge in [-0.1, -0.05) is 30.3 Å². The van der Waals surface area contributed by atoms with Crippen molar-refractivity contribution in [3.8, 4) is 11.5 Å². The molecule has 1 N–H and O–H groups in total. The molecule has 31 heavy (non-hydrogen) atoms. The van der Waals surface area contributed by atoms with Crippen molar-refractivity contribution in [1.29, 1.82) is 0 Å². The summed E-state index contributed by atoms with van der Waals surface area (Å²) in [6.07, 6.45) is 1.44. The van der Waals surface area contributed by atoms with Gasteiger partial charge in [0, 0.05) is 26.2 Å². The van der Waals surface area contributed by atoms with E-state index in [-0.39, 0.29) is 18.5 Å². The highest BCUT2D eigenvalue weighted by molar-refractivity contribution is 5.84. The van der Waals surface area contributed by atoms with E-state index in [2.05, 4.69) is 5.32 Å². The average molecular weight is 426 g/mol. The minimum absolute atomic E-state index is 0.0558. The third kappa shape index (κ3) is 5.69. The number of hydrogen-bond donors (Lipinski definition) is 1. The highest BCUT2D eigenvalue weighted by atomic mass is 16.5. The molecule has 7 nitrogen and oxygen atoms in total. The second-order valence-corrected chi connectivity index (χ2v) is 7.53. The van der Waals surface area contributed by atoms with Gasteiger partial charge in [-0.2, -0.15) is 0 Å². The molecule has 0 saturated heterocycles. The topological polar surface area (TPSA) is 71.1 Å². The van der Waals surface area contributed by atoms with Gasteiger partial charge >= 0.3 is 6.03 Å². The maximum Gasteiger partial charge on any atom is 0.317 e. The number of rotatable bonds is 8. The van der Waals surface area contributed by atoms with Crippen LogP contribution < -0.4 is 14.8 Å². The molecule has 2 aromatic carbocycles. The Hall–Kier alpha value is -3.22. The van der Waals surface area contributed by atoms with Gasteiger partial charge in [0.25, 0.3) is 0 Å². The lowest BCUT2D eigenvalue weighted by Gasteiger charge is -2.32. The van der Waals surface area contributed by atoms with Crippen LogP contribution in [0.1, 0.15) is 23.6 Å². The Bertz CT molecular complexity index is 901. The van der Waals surface area contributed by atoms with Gasteiger partial charge in [-0.25, -0.2) is 4.79 Å². The first kappa shape index (κ1) is 22.5. The van der Waals surface area contributed by atoms with Crippen molar-refractivity contribution in [1.82, 2.24) is 15.1 Å². The number of carbonyl (C=O) groups is 2. The van der Waals surface area contributed by atoms with E-state index >= 15 is 0 Å². The quantitative estimate of drug-likeness (QED) is 0.706. The zero-order chi connectivity index (χ0) is 22.2. The summed E-state index contributed by atoms with van der Waals surface area (Å²) < 4.78 is 10.8. The van der Waals surface area contributed by atoms with Crippen LogP contribution in [0.3, 0.4) is 0 Å². The fourth-order valence-corrected chi connectivity index (χ4v) is 3.78. The van der Waals surface area contributed by atoms with E-state index in [4.69, 9.17) is 9.47 Å². The molecule has 2 aromatic rings. The number of carbonyl (C=O) groups excluding carboxylic acids is 2. The summed E-state index contributed by atoms with van der Waals surface area (Å²) in [7, 11) is 3.22. The van der Waals surface area contributed by atoms with Crippen LogP contribution >= 0.6 is 0 Å². The Morgan fingerprint density at radius 2 is 1.74 bits per heavy atom. The minimum atomic E-state index is -0.212. The lowest BCUT2D eigenvalue weighted by molar-refractivity contribution is -0.132. The monoisotopic (exact) mass is 425 g/mol. The molecular weight excluding hydrogens is 394 g/mol. The number of fused-ring (bicyclic) bond motifs is 1. The summed E-state index contributed by atoms with van der Waals surface area (Å²) in [6, 6.07) is 13.7. The molecule has 0 aromatic heterocycles. The Kier molecular flexibility index (Phi) is 7.76. The number of benzene rings is 2. The first-order chi connectivity index (χ1) is 15.0. The molecule has 7 heteroatoms. The van der Waals surface area contributed by atoms with Crippen LogP contribution in [0.15, 0.2) is 42.5 Å². The molecule has 1 aliphatic rings. The zero-order valence-corrected chi connectivity index (χ0v) is 18.5. The number of urea groups is 1. The van der Waals surface area contributed by atoms with Gasteiger partial charge in [-0.05, 0) is 48.6 Å². The van der Waals surface area contributed by atoms with Gasteiger partial charge in [-0.3, -0.25) is 4.79 Å². The summed E-state index contributed by atoms with van der Waals surface area (Å²) in [6.45, 7) is 4.05. The second kappa shape index (κ2) is 10.7. The predicted octanol–water partition coefficient (Wildman–Crippen LogP) is 2.86. The molecule has 0 spiro atoms. The van der Waals surface area contributed by atoms with Crippen molar-refractivity contribution < 1.29 is 19.1 Å². The van der Waals surface area contributed by atoms with Crippen molar-refractivity contribution >= 4 is 11.9 Å². The molecule has 3 amide bonds. The van der Waals surface area contributed by atoms with Crippen molar-refractivity contribution in [3.05, 3.63) is 59.2 Å². The van der Waals surface area contributed by atoms with E-state index in [9.17, 15) is 9.59 Å². The molecule has 3 rings (SSSR count). The third-order valence-corrected chi connectivity index (χ3v) is 5.53. The normalized spacial score (nSPS) is 12.7. The fourth-order valence-electron chi connectivity index (χ4n) is 3.78. The molecular formula is C24H31N3O4. The number of ether oxygens (including phenoxy) is 2. The molecule has 0 atom stereocenters. The fraction of sp³-hybridized carbons (Fsp3) is 0.417. The summed E-state index contributed by atoms with van der Waals surface area (Å²) in [4.78, 5) is 29.0. The van der Waals surface area contributed by atoms with Crippen molar-refractivity contribution in [2.24, 2.45) is 0 Å². The molecule has 1 aliphatic heterocycles. The Morgan fingerprint density at radius 3 is 2.39 bits per heavy atom. The SMILES string of the molecule is CCNC(=O)N(CCc1ccccc1)CC(=O)N1CCc2cc(OC)c(OC)cc2C1. The van der Waals surface area contributed by atoms with Gasteiger partial charge in [0.15, 0.2) is 11.5 Å². The van der Waals surface area contributed by atoms with Crippen molar-refractivity contribution in [2.75, 3.05) is 40.4 Å². The second-order valence-electron chi connectivity index (χ2n) is 7.53. The molecule has 0 bridgehead atoms. The molecule has 0 aliphatic carbocycles. The molecule has 0 saturated carbocycles. The first-order valence-corrected chi connectivity index (χ1v) is 10.6. The number of nitrogens with zero attached hydrogens (tertiary/aromatic N) is 2. The number of nitrogens with one attached hydrogen (secondary N) is 1. The molecule has 1 heterocycles. The standard InChI is InChI=1S/C24H31N3O4/c1-4-25-24(29)27(12-10-18-8-6-5-7-9-18)17-23(28)26-13-11-19-14-21(30-2)22(31-3)15-20(19)16-26/h5-9,14-15H,4,10-13,16-17H2,1-3H3,(H,25,29). The van der Waals surface area contributed by atoms with Crippen molar-refractivity contribution in [2.45, 2.75) is 26.3 Å². The number of amides is 3. The Balaban J connectivity index is 1.67. The highest BCUT2D eigenvalue weighted by Crippen LogP contribution is 2.33. The zero-order valence-electron chi connectivity index (χ0n) is 18.5. The summed E-state index contributed by atoms with van der Waals surface area (Å²) >= 11 is 0. The van der Waals surface area contributed by atoms with E-state index < -0.39 is 0 Å². The number of hydrogen-bond acceptors (Lipinski definition) is 4. The van der Waals surface area contributed by atoms with E-state index in [1.807, 2.05) is 54.3 Å². The minimum Gasteiger partial charge on any atom is -0.493 e. The first-order valence-electron chi connectivity index (χ1n) is 10.6. The van der Waals surface area contributed by atoms with Crippen LogP contribution in [0.25, 0.3) is 0 Å². The maximum atomic E-state index is 13.1. The van der Waals surface area contributed by atoms with Crippen LogP contribution in [0.5, 0.6) is 11.5 Å². The summed E-state index contributed by atoms with van der Waals surface area (Å²) in [5.41, 5.74) is 3.34. The van der Waals surface area contributed by atoms with Gasteiger partial charge in [0.2, 0.25) is 5.91 Å². The third-order valence-electron chi connectivity index (χ3n) is 5.53. The van der Waals surface area contributed by atoms with Crippen LogP contribution in [-0.2, 0) is 24.2 Å².